The van der Waals surface area contributed by atoms with Crippen molar-refractivity contribution in [2.24, 2.45) is 0 Å². The predicted molar refractivity (Wildman–Crippen MR) is 85.8 cm³/mol. The molecule has 0 bridgehead atoms. The number of benzene rings is 1. The fraction of sp³-hybridized carbons (Fsp3) is 0.312. The van der Waals surface area contributed by atoms with Crippen molar-refractivity contribution in [1.82, 2.24) is 0 Å². The lowest BCUT2D eigenvalue weighted by molar-refractivity contribution is 0.0697. The molecule has 0 amide bonds. The minimum Gasteiger partial charge on any atom is -0.495 e. The Morgan fingerprint density at radius 1 is 1.33 bits per heavy atom. The maximum absolute atomic E-state index is 11.1. The molecule has 112 valence electrons. The van der Waals surface area contributed by atoms with Gasteiger partial charge in [-0.1, -0.05) is 0 Å². The summed E-state index contributed by atoms with van der Waals surface area (Å²) >= 11 is 1.76. The molecule has 5 heteroatoms. The Bertz CT molecular complexity index is 664. The second-order valence-corrected chi connectivity index (χ2v) is 6.42. The average Bonchev–Trinajstić information content (AvgIpc) is 2.77. The van der Waals surface area contributed by atoms with Gasteiger partial charge < -0.3 is 15.2 Å². The number of hydrogen-bond donors (Lipinski definition) is 2. The van der Waals surface area contributed by atoms with Crippen molar-refractivity contribution in [3.8, 4) is 5.75 Å². The van der Waals surface area contributed by atoms with Gasteiger partial charge in [-0.25, -0.2) is 4.79 Å². The number of thiophene rings is 1. The van der Waals surface area contributed by atoms with E-state index < -0.39 is 5.97 Å². The zero-order chi connectivity index (χ0) is 15.6. The van der Waals surface area contributed by atoms with Crippen LogP contribution in [0.25, 0.3) is 0 Å². The number of methoxy groups -OCH3 is 1. The van der Waals surface area contributed by atoms with Gasteiger partial charge in [0.1, 0.15) is 5.75 Å². The van der Waals surface area contributed by atoms with Gasteiger partial charge in [-0.15, -0.1) is 11.3 Å². The number of carboxylic acids is 1. The Morgan fingerprint density at radius 3 is 2.57 bits per heavy atom. The van der Waals surface area contributed by atoms with E-state index in [4.69, 9.17) is 9.84 Å². The number of rotatable bonds is 5. The second kappa shape index (κ2) is 6.18. The van der Waals surface area contributed by atoms with Gasteiger partial charge in [0.05, 0.1) is 18.4 Å². The van der Waals surface area contributed by atoms with E-state index in [2.05, 4.69) is 32.2 Å². The molecule has 1 unspecified atom stereocenters. The number of carbonyl (C=O) groups is 1. The largest absolute Gasteiger partial charge is 0.495 e. The summed E-state index contributed by atoms with van der Waals surface area (Å²) in [5.41, 5.74) is 2.15. The van der Waals surface area contributed by atoms with E-state index in [-0.39, 0.29) is 11.6 Å². The van der Waals surface area contributed by atoms with Crippen LogP contribution in [0.2, 0.25) is 0 Å². The summed E-state index contributed by atoms with van der Waals surface area (Å²) in [6.07, 6.45) is 0. The lowest BCUT2D eigenvalue weighted by Gasteiger charge is -2.18. The second-order valence-electron chi connectivity index (χ2n) is 4.95. The normalized spacial score (nSPS) is 12.0. The molecule has 0 saturated carbocycles. The Kier molecular flexibility index (Phi) is 4.53. The van der Waals surface area contributed by atoms with Crippen LogP contribution in [0.5, 0.6) is 5.75 Å². The van der Waals surface area contributed by atoms with Crippen LogP contribution in [-0.2, 0) is 0 Å². The van der Waals surface area contributed by atoms with Crippen molar-refractivity contribution >= 4 is 23.0 Å². The Hall–Kier alpha value is -2.01. The van der Waals surface area contributed by atoms with Crippen molar-refractivity contribution < 1.29 is 14.6 Å². The van der Waals surface area contributed by atoms with Crippen LogP contribution >= 0.6 is 11.3 Å². The zero-order valence-electron chi connectivity index (χ0n) is 12.6. The summed E-state index contributed by atoms with van der Waals surface area (Å²) in [4.78, 5) is 13.6. The predicted octanol–water partition coefficient (Wildman–Crippen LogP) is 4.24. The Morgan fingerprint density at radius 2 is 2.05 bits per heavy atom. The fourth-order valence-electron chi connectivity index (χ4n) is 2.35. The van der Waals surface area contributed by atoms with Gasteiger partial charge in [-0.3, -0.25) is 0 Å². The summed E-state index contributed by atoms with van der Waals surface area (Å²) in [7, 11) is 1.58. The molecule has 1 aromatic carbocycles. The van der Waals surface area contributed by atoms with Gasteiger partial charge in [-0.05, 0) is 50.6 Å². The SMILES string of the molecule is COc1ccc(C(=O)O)cc1NC(C)c1cc(C)sc1C. The van der Waals surface area contributed by atoms with Gasteiger partial charge in [0.15, 0.2) is 0 Å². The van der Waals surface area contributed by atoms with Crippen LogP contribution in [0.3, 0.4) is 0 Å². The van der Waals surface area contributed by atoms with Crippen molar-refractivity contribution in [2.75, 3.05) is 12.4 Å². The first kappa shape index (κ1) is 15.4. The van der Waals surface area contributed by atoms with E-state index in [0.29, 0.717) is 11.4 Å². The molecule has 0 aliphatic carbocycles. The summed E-state index contributed by atoms with van der Waals surface area (Å²) in [5, 5.41) is 12.4. The summed E-state index contributed by atoms with van der Waals surface area (Å²) < 4.78 is 5.30. The first-order valence-electron chi connectivity index (χ1n) is 6.67. The quantitative estimate of drug-likeness (QED) is 0.867. The molecule has 0 fully saturated rings. The van der Waals surface area contributed by atoms with Crippen molar-refractivity contribution in [1.29, 1.82) is 0 Å². The van der Waals surface area contributed by atoms with Crippen molar-refractivity contribution in [3.63, 3.8) is 0 Å². The Balaban J connectivity index is 2.31. The third-order valence-corrected chi connectivity index (χ3v) is 4.35. The van der Waals surface area contributed by atoms with E-state index in [1.807, 2.05) is 0 Å². The minimum atomic E-state index is -0.948. The lowest BCUT2D eigenvalue weighted by Crippen LogP contribution is -2.09. The molecule has 4 nitrogen and oxygen atoms in total. The highest BCUT2D eigenvalue weighted by Gasteiger charge is 2.15. The summed E-state index contributed by atoms with van der Waals surface area (Å²) in [5.74, 6) is -0.313. The average molecular weight is 305 g/mol. The smallest absolute Gasteiger partial charge is 0.335 e. The van der Waals surface area contributed by atoms with Gasteiger partial charge in [0.25, 0.3) is 0 Å². The summed E-state index contributed by atoms with van der Waals surface area (Å²) in [6, 6.07) is 7.05. The maximum atomic E-state index is 11.1. The van der Waals surface area contributed by atoms with Crippen LogP contribution < -0.4 is 10.1 Å². The van der Waals surface area contributed by atoms with Crippen molar-refractivity contribution in [3.05, 3.63) is 45.1 Å². The zero-order valence-corrected chi connectivity index (χ0v) is 13.4. The van der Waals surface area contributed by atoms with E-state index in [0.717, 1.165) is 0 Å². The van der Waals surface area contributed by atoms with E-state index in [1.54, 1.807) is 30.6 Å². The standard InChI is InChI=1S/C16H19NO3S/c1-9-7-13(11(3)21-9)10(2)17-14-8-12(16(18)19)5-6-15(14)20-4/h5-8,10,17H,1-4H3,(H,18,19). The third-order valence-electron chi connectivity index (χ3n) is 3.36. The number of hydrogen-bond acceptors (Lipinski definition) is 4. The highest BCUT2D eigenvalue weighted by Crippen LogP contribution is 2.32. The number of aryl methyl sites for hydroxylation is 2. The molecule has 2 rings (SSSR count). The highest BCUT2D eigenvalue weighted by molar-refractivity contribution is 7.12. The highest BCUT2D eigenvalue weighted by atomic mass is 32.1. The van der Waals surface area contributed by atoms with Gasteiger partial charge in [0, 0.05) is 15.8 Å². The lowest BCUT2D eigenvalue weighted by atomic mass is 10.1. The number of ether oxygens (including phenoxy) is 1. The topological polar surface area (TPSA) is 58.6 Å². The van der Waals surface area contributed by atoms with Gasteiger partial charge >= 0.3 is 5.97 Å². The van der Waals surface area contributed by atoms with Gasteiger partial charge in [0.2, 0.25) is 0 Å². The Labute approximate surface area is 128 Å². The molecule has 2 N–H and O–H groups in total. The maximum Gasteiger partial charge on any atom is 0.335 e. The molecule has 0 radical (unpaired) electrons. The van der Waals surface area contributed by atoms with Crippen LogP contribution in [0, 0.1) is 13.8 Å². The molecular formula is C16H19NO3S. The van der Waals surface area contributed by atoms with E-state index in [9.17, 15) is 4.79 Å². The molecule has 0 saturated heterocycles. The van der Waals surface area contributed by atoms with E-state index >= 15 is 0 Å². The molecule has 1 aromatic heterocycles. The van der Waals surface area contributed by atoms with Gasteiger partial charge in [-0.2, -0.15) is 0 Å². The molecule has 2 aromatic rings. The number of anilines is 1. The molecule has 21 heavy (non-hydrogen) atoms. The van der Waals surface area contributed by atoms with Crippen LogP contribution in [-0.4, -0.2) is 18.2 Å². The fourth-order valence-corrected chi connectivity index (χ4v) is 3.37. The molecular weight excluding hydrogens is 286 g/mol. The molecule has 1 heterocycles. The first-order valence-corrected chi connectivity index (χ1v) is 7.48. The summed E-state index contributed by atoms with van der Waals surface area (Å²) in [6.45, 7) is 6.23. The molecule has 1 atom stereocenters. The monoisotopic (exact) mass is 305 g/mol. The van der Waals surface area contributed by atoms with Crippen LogP contribution in [0.15, 0.2) is 24.3 Å². The van der Waals surface area contributed by atoms with Crippen LogP contribution in [0.4, 0.5) is 5.69 Å². The molecule has 0 spiro atoms. The number of nitrogens with one attached hydrogen (secondary N) is 1. The van der Waals surface area contributed by atoms with E-state index in [1.165, 1.54) is 21.4 Å². The molecule has 0 aliphatic heterocycles. The third kappa shape index (κ3) is 3.36. The number of carboxylic acid groups (broad SMARTS) is 1. The van der Waals surface area contributed by atoms with Crippen molar-refractivity contribution in [2.45, 2.75) is 26.8 Å². The number of aromatic carboxylic acids is 1. The van der Waals surface area contributed by atoms with Crippen LogP contribution in [0.1, 0.15) is 38.6 Å². The molecule has 0 aliphatic rings. The first-order chi connectivity index (χ1) is 9.92. The minimum absolute atomic E-state index is 0.0768.